The van der Waals surface area contributed by atoms with Crippen LogP contribution >= 0.6 is 0 Å². The number of rotatable bonds is 5. The van der Waals surface area contributed by atoms with Gasteiger partial charge >= 0.3 is 5.76 Å². The van der Waals surface area contributed by atoms with Crippen molar-refractivity contribution in [3.8, 4) is 0 Å². The second-order valence-corrected chi connectivity index (χ2v) is 4.77. The molecule has 0 aliphatic rings. The number of aryl methyl sites for hydroxylation is 1. The Morgan fingerprint density at radius 1 is 1.47 bits per heavy atom. The van der Waals surface area contributed by atoms with Crippen LogP contribution in [-0.4, -0.2) is 23.3 Å². The normalized spacial score (nSPS) is 14.7. The zero-order chi connectivity index (χ0) is 14.0. The Labute approximate surface area is 111 Å². The fourth-order valence-corrected chi connectivity index (χ4v) is 2.48. The van der Waals surface area contributed by atoms with E-state index in [1.165, 1.54) is 4.57 Å². The van der Waals surface area contributed by atoms with Crippen molar-refractivity contribution < 1.29 is 9.52 Å². The molecule has 0 amide bonds. The lowest BCUT2D eigenvalue weighted by Gasteiger charge is -2.24. The van der Waals surface area contributed by atoms with Crippen molar-refractivity contribution in [2.24, 2.45) is 13.0 Å². The van der Waals surface area contributed by atoms with Crippen molar-refractivity contribution in [1.82, 2.24) is 9.88 Å². The van der Waals surface area contributed by atoms with Crippen molar-refractivity contribution >= 4 is 11.1 Å². The van der Waals surface area contributed by atoms with Crippen molar-refractivity contribution in [3.05, 3.63) is 34.3 Å². The van der Waals surface area contributed by atoms with Gasteiger partial charge in [-0.25, -0.2) is 4.79 Å². The Bertz CT molecular complexity index is 611. The fraction of sp³-hybridized carbons (Fsp3) is 0.500. The van der Waals surface area contributed by atoms with Crippen LogP contribution < -0.4 is 11.1 Å². The second kappa shape index (κ2) is 5.59. The van der Waals surface area contributed by atoms with Gasteiger partial charge in [0.2, 0.25) is 0 Å². The molecule has 0 bridgehead atoms. The number of aliphatic hydroxyl groups is 1. The summed E-state index contributed by atoms with van der Waals surface area (Å²) < 4.78 is 6.61. The Morgan fingerprint density at radius 3 is 2.79 bits per heavy atom. The van der Waals surface area contributed by atoms with E-state index in [1.807, 2.05) is 19.2 Å². The van der Waals surface area contributed by atoms with Crippen LogP contribution in [0.5, 0.6) is 0 Å². The van der Waals surface area contributed by atoms with Crippen molar-refractivity contribution in [2.75, 3.05) is 13.7 Å². The first kappa shape index (κ1) is 13.8. The number of hydrogen-bond donors (Lipinski definition) is 2. The third-order valence-corrected chi connectivity index (χ3v) is 3.72. The molecule has 2 N–H and O–H groups in total. The van der Waals surface area contributed by atoms with Crippen LogP contribution in [0.2, 0.25) is 0 Å². The molecule has 0 fully saturated rings. The first-order chi connectivity index (χ1) is 9.12. The summed E-state index contributed by atoms with van der Waals surface area (Å²) >= 11 is 0. The molecule has 2 aromatic rings. The van der Waals surface area contributed by atoms with Gasteiger partial charge in [-0.1, -0.05) is 13.0 Å². The lowest BCUT2D eigenvalue weighted by Crippen LogP contribution is -2.27. The van der Waals surface area contributed by atoms with Crippen LogP contribution in [0.25, 0.3) is 11.1 Å². The molecule has 5 nitrogen and oxygen atoms in total. The van der Waals surface area contributed by atoms with Crippen molar-refractivity contribution in [3.63, 3.8) is 0 Å². The van der Waals surface area contributed by atoms with E-state index in [4.69, 9.17) is 4.42 Å². The maximum absolute atomic E-state index is 11.5. The molecule has 1 aromatic carbocycles. The van der Waals surface area contributed by atoms with Gasteiger partial charge in [0, 0.05) is 25.6 Å². The highest BCUT2D eigenvalue weighted by Gasteiger charge is 2.20. The molecule has 0 aliphatic heterocycles. The minimum atomic E-state index is -0.359. The Morgan fingerprint density at radius 2 is 2.21 bits per heavy atom. The molecule has 1 aromatic heterocycles. The highest BCUT2D eigenvalue weighted by molar-refractivity contribution is 5.73. The molecule has 1 heterocycles. The number of oxazole rings is 1. The number of nitrogens with one attached hydrogen (secondary N) is 1. The van der Waals surface area contributed by atoms with Gasteiger partial charge in [0.1, 0.15) is 0 Å². The quantitative estimate of drug-likeness (QED) is 0.857. The Balaban J connectivity index is 2.49. The molecular formula is C14H20N2O3. The van der Waals surface area contributed by atoms with E-state index in [2.05, 4.69) is 12.2 Å². The van der Waals surface area contributed by atoms with Crippen molar-refractivity contribution in [2.45, 2.75) is 19.4 Å². The summed E-state index contributed by atoms with van der Waals surface area (Å²) in [6.45, 7) is 2.18. The molecule has 0 aliphatic carbocycles. The fourth-order valence-electron chi connectivity index (χ4n) is 2.48. The van der Waals surface area contributed by atoms with Gasteiger partial charge in [-0.3, -0.25) is 4.57 Å². The molecule has 0 saturated carbocycles. The summed E-state index contributed by atoms with van der Waals surface area (Å²) in [5.41, 5.74) is 2.41. The molecule has 5 heteroatoms. The van der Waals surface area contributed by atoms with E-state index in [0.29, 0.717) is 5.58 Å². The van der Waals surface area contributed by atoms with Crippen LogP contribution in [-0.2, 0) is 7.05 Å². The minimum absolute atomic E-state index is 0.0596. The zero-order valence-corrected chi connectivity index (χ0v) is 11.5. The number of nitrogens with zero attached hydrogens (tertiary/aromatic N) is 1. The van der Waals surface area contributed by atoms with E-state index >= 15 is 0 Å². The van der Waals surface area contributed by atoms with E-state index in [0.717, 1.165) is 17.5 Å². The smallest absolute Gasteiger partial charge is 0.408 e. The van der Waals surface area contributed by atoms with Crippen molar-refractivity contribution in [1.29, 1.82) is 0 Å². The predicted octanol–water partition coefficient (Wildman–Crippen LogP) is 1.41. The first-order valence-electron chi connectivity index (χ1n) is 6.50. The minimum Gasteiger partial charge on any atom is -0.408 e. The Hall–Kier alpha value is -1.59. The molecule has 2 unspecified atom stereocenters. The lowest BCUT2D eigenvalue weighted by molar-refractivity contribution is 0.189. The highest BCUT2D eigenvalue weighted by atomic mass is 16.4. The molecular weight excluding hydrogens is 244 g/mol. The summed E-state index contributed by atoms with van der Waals surface area (Å²) in [5.74, 6) is -0.214. The Kier molecular flexibility index (Phi) is 4.07. The summed E-state index contributed by atoms with van der Waals surface area (Å²) in [7, 11) is 3.57. The average molecular weight is 264 g/mol. The van der Waals surface area contributed by atoms with Gasteiger partial charge in [0.15, 0.2) is 5.58 Å². The summed E-state index contributed by atoms with van der Waals surface area (Å²) in [6, 6.07) is 5.75. The maximum atomic E-state index is 11.5. The second-order valence-electron chi connectivity index (χ2n) is 4.77. The van der Waals surface area contributed by atoms with Crippen LogP contribution in [0.3, 0.4) is 0 Å². The molecule has 0 spiro atoms. The molecule has 19 heavy (non-hydrogen) atoms. The summed E-state index contributed by atoms with van der Waals surface area (Å²) in [5, 5.41) is 12.7. The maximum Gasteiger partial charge on any atom is 0.419 e. The van der Waals surface area contributed by atoms with Gasteiger partial charge in [-0.05, 0) is 31.2 Å². The standard InChI is InChI=1S/C14H20N2O3/c1-4-9(8-17)13(15-2)10-5-6-12-11(7-10)16(3)14(18)19-12/h5-7,9,13,15,17H,4,8H2,1-3H3. The number of aromatic nitrogens is 1. The van der Waals surface area contributed by atoms with Gasteiger partial charge in [0.05, 0.1) is 5.52 Å². The summed E-state index contributed by atoms with van der Waals surface area (Å²) in [6.07, 6.45) is 0.879. The zero-order valence-electron chi connectivity index (χ0n) is 11.5. The summed E-state index contributed by atoms with van der Waals surface area (Å²) in [4.78, 5) is 11.5. The van der Waals surface area contributed by atoms with Gasteiger partial charge in [-0.15, -0.1) is 0 Å². The van der Waals surface area contributed by atoms with Gasteiger partial charge in [0.25, 0.3) is 0 Å². The third kappa shape index (κ3) is 2.43. The molecule has 0 saturated heterocycles. The van der Waals surface area contributed by atoms with Gasteiger partial charge in [-0.2, -0.15) is 0 Å². The lowest BCUT2D eigenvalue weighted by atomic mass is 9.91. The predicted molar refractivity (Wildman–Crippen MR) is 74.1 cm³/mol. The van der Waals surface area contributed by atoms with Crippen LogP contribution in [0, 0.1) is 5.92 Å². The molecule has 2 atom stereocenters. The molecule has 104 valence electrons. The number of fused-ring (bicyclic) bond motifs is 1. The first-order valence-corrected chi connectivity index (χ1v) is 6.50. The van der Waals surface area contributed by atoms with E-state index in [1.54, 1.807) is 13.1 Å². The number of hydrogen-bond acceptors (Lipinski definition) is 4. The largest absolute Gasteiger partial charge is 0.419 e. The molecule has 0 radical (unpaired) electrons. The SMILES string of the molecule is CCC(CO)C(NC)c1ccc2oc(=O)n(C)c2c1. The topological polar surface area (TPSA) is 67.4 Å². The monoisotopic (exact) mass is 264 g/mol. The van der Waals surface area contributed by atoms with E-state index in [-0.39, 0.29) is 24.3 Å². The van der Waals surface area contributed by atoms with Crippen LogP contribution in [0.15, 0.2) is 27.4 Å². The van der Waals surface area contributed by atoms with E-state index < -0.39 is 0 Å². The van der Waals surface area contributed by atoms with Gasteiger partial charge < -0.3 is 14.8 Å². The highest BCUT2D eigenvalue weighted by Crippen LogP contribution is 2.26. The van der Waals surface area contributed by atoms with Crippen LogP contribution in [0.4, 0.5) is 0 Å². The average Bonchev–Trinajstić information content (AvgIpc) is 2.71. The number of benzene rings is 1. The third-order valence-electron chi connectivity index (χ3n) is 3.72. The number of aliphatic hydroxyl groups excluding tert-OH is 1. The molecule has 2 rings (SSSR count). The van der Waals surface area contributed by atoms with Crippen LogP contribution in [0.1, 0.15) is 24.9 Å². The van der Waals surface area contributed by atoms with E-state index in [9.17, 15) is 9.90 Å².